The summed E-state index contributed by atoms with van der Waals surface area (Å²) < 4.78 is 0. The number of carbonyl (C=O) groups is 1. The number of benzene rings is 1. The summed E-state index contributed by atoms with van der Waals surface area (Å²) in [5.41, 5.74) is 1.16. The summed E-state index contributed by atoms with van der Waals surface area (Å²) in [4.78, 5) is 17.3. The summed E-state index contributed by atoms with van der Waals surface area (Å²) >= 11 is 0. The second-order valence-electron chi connectivity index (χ2n) is 6.89. The Balaban J connectivity index is 0.00000144. The Bertz CT molecular complexity index is 498. The molecule has 1 aromatic rings. The predicted octanol–water partition coefficient (Wildman–Crippen LogP) is 2.56. The van der Waals surface area contributed by atoms with Gasteiger partial charge in [0.1, 0.15) is 0 Å². The normalized spacial score (nSPS) is 24.6. The molecular weight excluding hydrogens is 345 g/mol. The van der Waals surface area contributed by atoms with Crippen LogP contribution in [0.15, 0.2) is 30.3 Å². The van der Waals surface area contributed by atoms with E-state index in [2.05, 4.69) is 52.4 Å². The van der Waals surface area contributed by atoms with Crippen LogP contribution in [0.1, 0.15) is 25.3 Å². The third kappa shape index (κ3) is 5.09. The lowest BCUT2D eigenvalue weighted by molar-refractivity contribution is -0.144. The minimum Gasteiger partial charge on any atom is -0.340 e. The van der Waals surface area contributed by atoms with E-state index >= 15 is 0 Å². The van der Waals surface area contributed by atoms with Gasteiger partial charge in [-0.3, -0.25) is 9.69 Å². The number of carbonyl (C=O) groups excluding carboxylic acids is 1. The molecule has 1 atom stereocenters. The Morgan fingerprint density at radius 1 is 1.12 bits per heavy atom. The van der Waals surface area contributed by atoms with Crippen molar-refractivity contribution >= 4 is 30.7 Å². The molecule has 0 aliphatic carbocycles. The minimum absolute atomic E-state index is 0. The highest BCUT2D eigenvalue weighted by atomic mass is 35.5. The zero-order chi connectivity index (χ0) is 15.4. The van der Waals surface area contributed by atoms with E-state index < -0.39 is 0 Å². The number of nitrogens with one attached hydrogen (secondary N) is 1. The van der Waals surface area contributed by atoms with Crippen molar-refractivity contribution in [1.82, 2.24) is 15.1 Å². The Kier molecular flexibility index (Phi) is 8.51. The van der Waals surface area contributed by atoms with E-state index in [-0.39, 0.29) is 30.2 Å². The summed E-state index contributed by atoms with van der Waals surface area (Å²) in [7, 11) is 0. The van der Waals surface area contributed by atoms with Gasteiger partial charge in [0.25, 0.3) is 0 Å². The number of piperidine rings is 1. The number of halogens is 2. The van der Waals surface area contributed by atoms with Crippen LogP contribution in [0.5, 0.6) is 0 Å². The molecule has 1 N–H and O–H groups in total. The number of nitrogens with zero attached hydrogens (tertiary/aromatic N) is 2. The van der Waals surface area contributed by atoms with Gasteiger partial charge in [0.2, 0.25) is 5.91 Å². The number of piperazine rings is 1. The Morgan fingerprint density at radius 2 is 1.79 bits per heavy atom. The first kappa shape index (κ1) is 21.2. The number of rotatable bonds is 3. The van der Waals surface area contributed by atoms with Gasteiger partial charge < -0.3 is 10.2 Å². The Hall–Kier alpha value is -0.810. The SMILES string of the molecule is CC1(C(=O)N2CCN(Cc3ccccc3)CC2)CCCNC1.Cl.Cl. The smallest absolute Gasteiger partial charge is 0.229 e. The van der Waals surface area contributed by atoms with E-state index in [1.54, 1.807) is 0 Å². The van der Waals surface area contributed by atoms with Crippen molar-refractivity contribution in [1.29, 1.82) is 0 Å². The molecule has 4 nitrogen and oxygen atoms in total. The van der Waals surface area contributed by atoms with E-state index in [1.165, 1.54) is 5.56 Å². The van der Waals surface area contributed by atoms with E-state index in [0.29, 0.717) is 5.91 Å². The zero-order valence-corrected chi connectivity index (χ0v) is 16.0. The highest BCUT2D eigenvalue weighted by Gasteiger charge is 2.38. The quantitative estimate of drug-likeness (QED) is 0.884. The summed E-state index contributed by atoms with van der Waals surface area (Å²) in [6, 6.07) is 10.6. The summed E-state index contributed by atoms with van der Waals surface area (Å²) in [5, 5.41) is 3.38. The highest BCUT2D eigenvalue weighted by Crippen LogP contribution is 2.28. The van der Waals surface area contributed by atoms with E-state index in [1.807, 2.05) is 0 Å². The molecule has 0 saturated carbocycles. The molecule has 0 spiro atoms. The fourth-order valence-electron chi connectivity index (χ4n) is 3.57. The second-order valence-corrected chi connectivity index (χ2v) is 6.89. The molecule has 24 heavy (non-hydrogen) atoms. The first-order chi connectivity index (χ1) is 10.7. The number of amides is 1. The molecule has 0 radical (unpaired) electrons. The largest absolute Gasteiger partial charge is 0.340 e. The number of hydrogen-bond acceptors (Lipinski definition) is 3. The van der Waals surface area contributed by atoms with E-state index in [9.17, 15) is 4.79 Å². The minimum atomic E-state index is -0.195. The summed E-state index contributed by atoms with van der Waals surface area (Å²) in [6.07, 6.45) is 2.12. The fraction of sp³-hybridized carbons (Fsp3) is 0.611. The monoisotopic (exact) mass is 373 g/mol. The third-order valence-electron chi connectivity index (χ3n) is 5.02. The molecule has 1 aromatic carbocycles. The van der Waals surface area contributed by atoms with Gasteiger partial charge in [-0.05, 0) is 31.9 Å². The van der Waals surface area contributed by atoms with Crippen molar-refractivity contribution in [2.24, 2.45) is 5.41 Å². The Morgan fingerprint density at radius 3 is 2.38 bits per heavy atom. The van der Waals surface area contributed by atoms with Crippen LogP contribution in [-0.2, 0) is 11.3 Å². The average molecular weight is 374 g/mol. The maximum absolute atomic E-state index is 12.8. The van der Waals surface area contributed by atoms with Gasteiger partial charge in [-0.2, -0.15) is 0 Å². The van der Waals surface area contributed by atoms with Crippen LogP contribution in [0.25, 0.3) is 0 Å². The topological polar surface area (TPSA) is 35.6 Å². The fourth-order valence-corrected chi connectivity index (χ4v) is 3.57. The number of hydrogen-bond donors (Lipinski definition) is 1. The molecule has 1 amide bonds. The summed E-state index contributed by atoms with van der Waals surface area (Å²) in [5.74, 6) is 0.346. The van der Waals surface area contributed by atoms with Crippen molar-refractivity contribution in [2.45, 2.75) is 26.3 Å². The molecule has 2 aliphatic heterocycles. The lowest BCUT2D eigenvalue weighted by Gasteiger charge is -2.41. The maximum Gasteiger partial charge on any atom is 0.229 e. The molecule has 2 heterocycles. The molecule has 0 aromatic heterocycles. The van der Waals surface area contributed by atoms with Crippen LogP contribution in [0.2, 0.25) is 0 Å². The van der Waals surface area contributed by atoms with Crippen molar-refractivity contribution in [3.63, 3.8) is 0 Å². The molecule has 2 saturated heterocycles. The second kappa shape index (κ2) is 9.62. The molecule has 2 fully saturated rings. The Labute approximate surface area is 157 Å². The molecule has 3 rings (SSSR count). The first-order valence-electron chi connectivity index (χ1n) is 8.44. The molecule has 0 bridgehead atoms. The average Bonchev–Trinajstić information content (AvgIpc) is 2.56. The summed E-state index contributed by atoms with van der Waals surface area (Å²) in [6.45, 7) is 8.67. The van der Waals surface area contributed by atoms with Crippen LogP contribution < -0.4 is 5.32 Å². The van der Waals surface area contributed by atoms with Gasteiger partial charge in [-0.1, -0.05) is 30.3 Å². The van der Waals surface area contributed by atoms with E-state index in [4.69, 9.17) is 0 Å². The van der Waals surface area contributed by atoms with Crippen molar-refractivity contribution in [3.8, 4) is 0 Å². The molecule has 6 heteroatoms. The van der Waals surface area contributed by atoms with Crippen LogP contribution in [0.4, 0.5) is 0 Å². The maximum atomic E-state index is 12.8. The lowest BCUT2D eigenvalue weighted by Crippen LogP contribution is -2.55. The molecular formula is C18H29Cl2N3O. The van der Waals surface area contributed by atoms with Crippen LogP contribution in [0, 0.1) is 5.41 Å². The predicted molar refractivity (Wildman–Crippen MR) is 103 cm³/mol. The van der Waals surface area contributed by atoms with Crippen molar-refractivity contribution in [2.75, 3.05) is 39.3 Å². The van der Waals surface area contributed by atoms with Gasteiger partial charge in [-0.15, -0.1) is 24.8 Å². The third-order valence-corrected chi connectivity index (χ3v) is 5.02. The van der Waals surface area contributed by atoms with Gasteiger partial charge in [-0.25, -0.2) is 0 Å². The van der Waals surface area contributed by atoms with Crippen LogP contribution >= 0.6 is 24.8 Å². The van der Waals surface area contributed by atoms with Crippen LogP contribution in [-0.4, -0.2) is 55.0 Å². The van der Waals surface area contributed by atoms with Gasteiger partial charge in [0.05, 0.1) is 5.41 Å². The molecule has 2 aliphatic rings. The van der Waals surface area contributed by atoms with E-state index in [0.717, 1.165) is 58.7 Å². The highest BCUT2D eigenvalue weighted by molar-refractivity contribution is 5.85. The standard InChI is InChI=1S/C18H27N3O.2ClH/c1-18(8-5-9-19-15-18)17(22)21-12-10-20(11-13-21)14-16-6-3-2-4-7-16;;/h2-4,6-7,19H,5,8-15H2,1H3;2*1H. The van der Waals surface area contributed by atoms with Crippen LogP contribution in [0.3, 0.4) is 0 Å². The van der Waals surface area contributed by atoms with Gasteiger partial charge in [0.15, 0.2) is 0 Å². The van der Waals surface area contributed by atoms with Crippen molar-refractivity contribution in [3.05, 3.63) is 35.9 Å². The molecule has 1 unspecified atom stereocenters. The van der Waals surface area contributed by atoms with Crippen molar-refractivity contribution < 1.29 is 4.79 Å². The first-order valence-corrected chi connectivity index (χ1v) is 8.44. The van der Waals surface area contributed by atoms with Gasteiger partial charge in [0, 0.05) is 39.3 Å². The molecule has 136 valence electrons. The van der Waals surface area contributed by atoms with Gasteiger partial charge >= 0.3 is 0 Å². The zero-order valence-electron chi connectivity index (χ0n) is 14.4. The lowest BCUT2D eigenvalue weighted by atomic mass is 9.81.